The van der Waals surface area contributed by atoms with Gasteiger partial charge in [-0.25, -0.2) is 4.79 Å². The molecule has 0 atom stereocenters. The van der Waals surface area contributed by atoms with Crippen molar-refractivity contribution in [3.63, 3.8) is 0 Å². The van der Waals surface area contributed by atoms with E-state index in [2.05, 4.69) is 0 Å². The number of anilines is 1. The number of hydrogen-bond acceptors (Lipinski definition) is 2. The first-order valence-corrected chi connectivity index (χ1v) is 11.0. The van der Waals surface area contributed by atoms with Crippen LogP contribution in [0.5, 0.6) is 0 Å². The highest BCUT2D eigenvalue weighted by atomic mass is 16.2. The number of benzene rings is 2. The Morgan fingerprint density at radius 2 is 1.58 bits per heavy atom. The normalized spacial score (nSPS) is 18.1. The van der Waals surface area contributed by atoms with Gasteiger partial charge in [0.05, 0.1) is 5.56 Å². The second kappa shape index (κ2) is 9.20. The number of carbonyl (C=O) groups is 2. The molecule has 0 aliphatic carbocycles. The number of nitrogens with two attached hydrogens (primary N) is 2. The van der Waals surface area contributed by atoms with Crippen molar-refractivity contribution in [3.8, 4) is 0 Å². The van der Waals surface area contributed by atoms with Crippen molar-refractivity contribution < 1.29 is 15.0 Å². The quantitative estimate of drug-likeness (QED) is 0.579. The molecular formula is C24H30N5O2+. The van der Waals surface area contributed by atoms with Crippen molar-refractivity contribution in [3.05, 3.63) is 65.7 Å². The van der Waals surface area contributed by atoms with Gasteiger partial charge < -0.3 is 9.80 Å². The predicted octanol–water partition coefficient (Wildman–Crippen LogP) is 1.48. The van der Waals surface area contributed by atoms with Crippen LogP contribution in [0.15, 0.2) is 54.6 Å². The molecule has 0 bridgehead atoms. The summed E-state index contributed by atoms with van der Waals surface area (Å²) in [6.45, 7) is 2.75. The maximum Gasteiger partial charge on any atom is 0.324 e. The van der Waals surface area contributed by atoms with Gasteiger partial charge in [0.2, 0.25) is 0 Å². The van der Waals surface area contributed by atoms with E-state index in [1.165, 1.54) is 0 Å². The Morgan fingerprint density at radius 1 is 0.903 bits per heavy atom. The number of hydrogen-bond donors (Lipinski definition) is 2. The maximum atomic E-state index is 13.5. The minimum Gasteiger partial charge on any atom is -0.338 e. The molecule has 2 aromatic rings. The van der Waals surface area contributed by atoms with Crippen LogP contribution in [0.2, 0.25) is 0 Å². The number of rotatable bonds is 4. The topological polar surface area (TPSA) is 95.5 Å². The number of urea groups is 1. The summed E-state index contributed by atoms with van der Waals surface area (Å²) in [5.74, 6) is 0.312. The van der Waals surface area contributed by atoms with E-state index in [0.29, 0.717) is 25.2 Å². The number of likely N-dealkylation sites (tertiary alicyclic amines) is 1. The first-order valence-electron chi connectivity index (χ1n) is 11.0. The van der Waals surface area contributed by atoms with Crippen molar-refractivity contribution in [2.24, 2.45) is 5.73 Å². The van der Waals surface area contributed by atoms with E-state index in [9.17, 15) is 9.59 Å². The monoisotopic (exact) mass is 420 g/mol. The third-order valence-electron chi connectivity index (χ3n) is 6.21. The molecule has 4 rings (SSSR count). The van der Waals surface area contributed by atoms with Gasteiger partial charge >= 0.3 is 6.03 Å². The van der Waals surface area contributed by atoms with Crippen LogP contribution in [-0.4, -0.2) is 59.8 Å². The Morgan fingerprint density at radius 3 is 2.29 bits per heavy atom. The first-order chi connectivity index (χ1) is 15.0. The lowest BCUT2D eigenvalue weighted by atomic mass is 10.0. The van der Waals surface area contributed by atoms with Gasteiger partial charge in [0.1, 0.15) is 0 Å². The fourth-order valence-electron chi connectivity index (χ4n) is 4.47. The van der Waals surface area contributed by atoms with E-state index in [-0.39, 0.29) is 23.8 Å². The zero-order chi connectivity index (χ0) is 21.8. The average Bonchev–Trinajstić information content (AvgIpc) is 3.01. The zero-order valence-electron chi connectivity index (χ0n) is 17.7. The SMILES string of the molecule is NC(=[NH2+])c1cccc(N2CCCCN(C3CCN(C(=O)c4ccccc4)CC3)C2=O)c1. The van der Waals surface area contributed by atoms with Gasteiger partial charge in [-0.15, -0.1) is 0 Å². The third kappa shape index (κ3) is 4.55. The number of amides is 3. The Kier molecular flexibility index (Phi) is 6.21. The predicted molar refractivity (Wildman–Crippen MR) is 121 cm³/mol. The van der Waals surface area contributed by atoms with Crippen molar-refractivity contribution >= 4 is 23.5 Å². The molecule has 31 heavy (non-hydrogen) atoms. The van der Waals surface area contributed by atoms with E-state index >= 15 is 0 Å². The third-order valence-corrected chi connectivity index (χ3v) is 6.21. The van der Waals surface area contributed by atoms with Gasteiger partial charge in [0.25, 0.3) is 11.7 Å². The fraction of sp³-hybridized carbons (Fsp3) is 0.375. The van der Waals surface area contributed by atoms with Gasteiger partial charge in [-0.05, 0) is 56.0 Å². The van der Waals surface area contributed by atoms with Crippen LogP contribution in [0.3, 0.4) is 0 Å². The zero-order valence-corrected chi connectivity index (χ0v) is 17.7. The lowest BCUT2D eigenvalue weighted by molar-refractivity contribution is -0.114. The summed E-state index contributed by atoms with van der Waals surface area (Å²) in [5, 5.41) is 5.75. The van der Waals surface area contributed by atoms with Crippen LogP contribution in [-0.2, 0) is 0 Å². The summed E-state index contributed by atoms with van der Waals surface area (Å²) in [6.07, 6.45) is 3.50. The number of piperidine rings is 1. The molecule has 0 unspecified atom stereocenters. The number of amidine groups is 1. The Hall–Kier alpha value is -3.35. The first kappa shape index (κ1) is 20.9. The molecule has 2 aromatic carbocycles. The Balaban J connectivity index is 1.45. The highest BCUT2D eigenvalue weighted by molar-refractivity contribution is 5.97. The number of nitrogens with zero attached hydrogens (tertiary/aromatic N) is 3. The fourth-order valence-corrected chi connectivity index (χ4v) is 4.47. The Bertz CT molecular complexity index is 953. The molecule has 4 N–H and O–H groups in total. The molecule has 0 aromatic heterocycles. The second-order valence-electron chi connectivity index (χ2n) is 8.23. The van der Waals surface area contributed by atoms with Crippen molar-refractivity contribution in [1.82, 2.24) is 9.80 Å². The van der Waals surface area contributed by atoms with Gasteiger partial charge in [-0.2, -0.15) is 0 Å². The molecule has 2 aliphatic heterocycles. The van der Waals surface area contributed by atoms with E-state index < -0.39 is 0 Å². The highest BCUT2D eigenvalue weighted by Gasteiger charge is 2.33. The van der Waals surface area contributed by atoms with E-state index in [1.54, 1.807) is 0 Å². The minimum atomic E-state index is 0.0260. The summed E-state index contributed by atoms with van der Waals surface area (Å²) in [6, 6.07) is 17.1. The molecule has 2 aliphatic rings. The van der Waals surface area contributed by atoms with Crippen LogP contribution in [0.4, 0.5) is 10.5 Å². The molecule has 7 nitrogen and oxygen atoms in total. The number of carbonyl (C=O) groups excluding carboxylic acids is 2. The molecule has 0 saturated carbocycles. The van der Waals surface area contributed by atoms with Gasteiger partial charge in [-0.1, -0.05) is 24.3 Å². The molecular weight excluding hydrogens is 390 g/mol. The summed E-state index contributed by atoms with van der Waals surface area (Å²) in [4.78, 5) is 31.9. The van der Waals surface area contributed by atoms with Crippen molar-refractivity contribution in [2.75, 3.05) is 31.1 Å². The standard InChI is InChI=1S/C24H29N5O2/c25-22(26)19-9-6-10-21(17-19)29-14-5-4-13-28(24(29)31)20-11-15-27(16-12-20)23(30)18-7-2-1-3-8-18/h1-3,6-10,17,20H,4-5,11-16H2,(H3,25,26)/p+1. The van der Waals surface area contributed by atoms with E-state index in [4.69, 9.17) is 11.1 Å². The van der Waals surface area contributed by atoms with Crippen molar-refractivity contribution in [2.45, 2.75) is 31.7 Å². The lowest BCUT2D eigenvalue weighted by Gasteiger charge is -2.39. The summed E-state index contributed by atoms with van der Waals surface area (Å²) in [5.41, 5.74) is 8.02. The minimum absolute atomic E-state index is 0.0260. The average molecular weight is 421 g/mol. The largest absolute Gasteiger partial charge is 0.338 e. The highest BCUT2D eigenvalue weighted by Crippen LogP contribution is 2.26. The van der Waals surface area contributed by atoms with Crippen LogP contribution < -0.4 is 16.0 Å². The molecule has 0 spiro atoms. The van der Waals surface area contributed by atoms with Gasteiger partial charge in [0.15, 0.2) is 0 Å². The molecule has 2 heterocycles. The maximum absolute atomic E-state index is 13.5. The second-order valence-corrected chi connectivity index (χ2v) is 8.23. The van der Waals surface area contributed by atoms with Crippen LogP contribution in [0, 0.1) is 0 Å². The lowest BCUT2D eigenvalue weighted by Crippen LogP contribution is -2.52. The summed E-state index contributed by atoms with van der Waals surface area (Å²) >= 11 is 0. The van der Waals surface area contributed by atoms with Gasteiger partial charge in [-0.3, -0.25) is 20.8 Å². The van der Waals surface area contributed by atoms with Crippen molar-refractivity contribution in [1.29, 1.82) is 0 Å². The smallest absolute Gasteiger partial charge is 0.324 e. The summed E-state index contributed by atoms with van der Waals surface area (Å²) < 4.78 is 0. The molecule has 162 valence electrons. The van der Waals surface area contributed by atoms with Crippen LogP contribution in [0.1, 0.15) is 41.6 Å². The van der Waals surface area contributed by atoms with Crippen LogP contribution >= 0.6 is 0 Å². The molecule has 0 radical (unpaired) electrons. The van der Waals surface area contributed by atoms with E-state index in [1.807, 2.05) is 69.3 Å². The molecule has 7 heteroatoms. The summed E-state index contributed by atoms with van der Waals surface area (Å²) in [7, 11) is 0. The van der Waals surface area contributed by atoms with Gasteiger partial charge in [0, 0.05) is 43.5 Å². The molecule has 2 fully saturated rings. The molecule has 2 saturated heterocycles. The molecule has 3 amide bonds. The Labute approximate surface area is 182 Å². The van der Waals surface area contributed by atoms with E-state index in [0.717, 1.165) is 43.5 Å². The van der Waals surface area contributed by atoms with Crippen LogP contribution in [0.25, 0.3) is 0 Å².